The smallest absolute Gasteiger partial charge is 0.287 e. The number of carbonyl (C=O) groups excluding carboxylic acids is 2. The van der Waals surface area contributed by atoms with E-state index in [1.165, 1.54) is 11.3 Å². The number of thiazole rings is 1. The van der Waals surface area contributed by atoms with Crippen LogP contribution in [0.2, 0.25) is 0 Å². The number of carbonyl (C=O) groups is 2. The molecule has 1 N–H and O–H groups in total. The Kier molecular flexibility index (Phi) is 6.70. The lowest BCUT2D eigenvalue weighted by atomic mass is 10.1. The van der Waals surface area contributed by atoms with Crippen molar-refractivity contribution in [2.45, 2.75) is 33.4 Å². The minimum absolute atomic E-state index is 0.140. The van der Waals surface area contributed by atoms with Crippen LogP contribution in [-0.2, 0) is 6.54 Å². The Labute approximate surface area is 196 Å². The van der Waals surface area contributed by atoms with E-state index in [1.807, 2.05) is 79.2 Å². The Morgan fingerprint density at radius 1 is 1.06 bits per heavy atom. The van der Waals surface area contributed by atoms with Crippen LogP contribution in [0, 0.1) is 13.8 Å². The molecule has 0 spiro atoms. The third-order valence-corrected chi connectivity index (χ3v) is 6.28. The first-order valence-corrected chi connectivity index (χ1v) is 11.5. The summed E-state index contributed by atoms with van der Waals surface area (Å²) < 4.78 is 7.72. The van der Waals surface area contributed by atoms with Crippen LogP contribution in [-0.4, -0.2) is 16.4 Å². The minimum atomic E-state index is -0.288. The third kappa shape index (κ3) is 5.38. The van der Waals surface area contributed by atoms with Gasteiger partial charge in [0.1, 0.15) is 5.76 Å². The summed E-state index contributed by atoms with van der Waals surface area (Å²) in [6, 6.07) is 20.4. The van der Waals surface area contributed by atoms with Crippen molar-refractivity contribution in [3.05, 3.63) is 111 Å². The summed E-state index contributed by atoms with van der Waals surface area (Å²) in [5, 5.41) is 4.90. The zero-order chi connectivity index (χ0) is 23.4. The molecule has 0 bridgehead atoms. The molecule has 4 aromatic rings. The van der Waals surface area contributed by atoms with E-state index in [4.69, 9.17) is 4.42 Å². The summed E-state index contributed by atoms with van der Waals surface area (Å²) in [5.41, 5.74) is 3.54. The number of aromatic nitrogens is 1. The van der Waals surface area contributed by atoms with Gasteiger partial charge in [-0.05, 0) is 50.6 Å². The monoisotopic (exact) mass is 459 g/mol. The molecule has 0 radical (unpaired) electrons. The number of benzene rings is 2. The van der Waals surface area contributed by atoms with Gasteiger partial charge in [0.05, 0.1) is 12.6 Å². The first-order chi connectivity index (χ1) is 15.9. The van der Waals surface area contributed by atoms with E-state index in [1.54, 1.807) is 18.2 Å². The van der Waals surface area contributed by atoms with E-state index in [9.17, 15) is 9.59 Å². The van der Waals surface area contributed by atoms with Crippen molar-refractivity contribution in [3.63, 3.8) is 0 Å². The molecule has 33 heavy (non-hydrogen) atoms. The molecule has 0 saturated heterocycles. The van der Waals surface area contributed by atoms with Gasteiger partial charge in [0.25, 0.3) is 11.8 Å². The van der Waals surface area contributed by atoms with Crippen molar-refractivity contribution in [1.82, 2.24) is 9.88 Å². The van der Waals surface area contributed by atoms with Crippen LogP contribution in [0.1, 0.15) is 56.5 Å². The molecule has 0 aliphatic carbocycles. The van der Waals surface area contributed by atoms with Crippen molar-refractivity contribution in [2.75, 3.05) is 0 Å². The maximum Gasteiger partial charge on any atom is 0.287 e. The van der Waals surface area contributed by atoms with Crippen LogP contribution in [0.25, 0.3) is 0 Å². The van der Waals surface area contributed by atoms with Gasteiger partial charge in [-0.2, -0.15) is 4.99 Å². The number of rotatable bonds is 6. The Bertz CT molecular complexity index is 1350. The lowest BCUT2D eigenvalue weighted by molar-refractivity contribution is 0.0909. The van der Waals surface area contributed by atoms with E-state index in [0.29, 0.717) is 22.7 Å². The third-order valence-electron chi connectivity index (χ3n) is 5.30. The second kappa shape index (κ2) is 9.83. The molecule has 0 aliphatic heterocycles. The SMILES string of the molecule is Cc1cccc(C(=O)N=c2scc(C)n2Cc2ccc(C(=O)N[C@@H](C)c3ccccc3)o2)c1. The van der Waals surface area contributed by atoms with Crippen LogP contribution < -0.4 is 10.1 Å². The predicted molar refractivity (Wildman–Crippen MR) is 128 cm³/mol. The number of aryl methyl sites for hydroxylation is 2. The number of hydrogen-bond donors (Lipinski definition) is 1. The topological polar surface area (TPSA) is 76.6 Å². The van der Waals surface area contributed by atoms with Crippen LogP contribution in [0.5, 0.6) is 0 Å². The Morgan fingerprint density at radius 2 is 1.85 bits per heavy atom. The Hall–Kier alpha value is -3.71. The first kappa shape index (κ1) is 22.5. The van der Waals surface area contributed by atoms with Gasteiger partial charge in [-0.3, -0.25) is 9.59 Å². The molecule has 0 fully saturated rings. The fraction of sp³-hybridized carbons (Fsp3) is 0.192. The van der Waals surface area contributed by atoms with Gasteiger partial charge >= 0.3 is 0 Å². The summed E-state index contributed by atoms with van der Waals surface area (Å²) >= 11 is 1.40. The second-order valence-electron chi connectivity index (χ2n) is 7.90. The zero-order valence-electron chi connectivity index (χ0n) is 18.7. The molecule has 0 unspecified atom stereocenters. The molecular formula is C26H25N3O3S. The van der Waals surface area contributed by atoms with Crippen LogP contribution >= 0.6 is 11.3 Å². The molecule has 7 heteroatoms. The molecule has 6 nitrogen and oxygen atoms in total. The zero-order valence-corrected chi connectivity index (χ0v) is 19.6. The fourth-order valence-electron chi connectivity index (χ4n) is 3.46. The maximum atomic E-state index is 12.6. The molecular weight excluding hydrogens is 434 g/mol. The van der Waals surface area contributed by atoms with Gasteiger partial charge in [0.2, 0.25) is 0 Å². The molecule has 2 amide bonds. The number of amides is 2. The molecule has 2 aromatic heterocycles. The summed E-state index contributed by atoms with van der Waals surface area (Å²) in [6.07, 6.45) is 0. The summed E-state index contributed by atoms with van der Waals surface area (Å²) in [6.45, 7) is 6.19. The van der Waals surface area contributed by atoms with Crippen LogP contribution in [0.3, 0.4) is 0 Å². The molecule has 168 valence electrons. The highest BCUT2D eigenvalue weighted by Gasteiger charge is 2.16. The van der Waals surface area contributed by atoms with Gasteiger partial charge in [-0.1, -0.05) is 48.0 Å². The number of nitrogens with one attached hydrogen (secondary N) is 1. The van der Waals surface area contributed by atoms with Gasteiger partial charge in [0, 0.05) is 16.6 Å². The van der Waals surface area contributed by atoms with Crippen molar-refractivity contribution in [3.8, 4) is 0 Å². The van der Waals surface area contributed by atoms with Gasteiger partial charge in [0.15, 0.2) is 10.6 Å². The van der Waals surface area contributed by atoms with Crippen molar-refractivity contribution < 1.29 is 14.0 Å². The number of nitrogens with zero attached hydrogens (tertiary/aromatic N) is 2. The van der Waals surface area contributed by atoms with Gasteiger partial charge in [-0.15, -0.1) is 11.3 Å². The van der Waals surface area contributed by atoms with E-state index in [2.05, 4.69) is 10.3 Å². The molecule has 0 aliphatic rings. The Morgan fingerprint density at radius 3 is 2.61 bits per heavy atom. The normalized spacial score (nSPS) is 12.5. The van der Waals surface area contributed by atoms with Crippen molar-refractivity contribution >= 4 is 23.2 Å². The molecule has 2 heterocycles. The van der Waals surface area contributed by atoms with Gasteiger partial charge in [-0.25, -0.2) is 0 Å². The van der Waals surface area contributed by atoms with E-state index in [-0.39, 0.29) is 23.6 Å². The summed E-state index contributed by atoms with van der Waals surface area (Å²) in [5.74, 6) is 0.293. The second-order valence-corrected chi connectivity index (χ2v) is 8.74. The lowest BCUT2D eigenvalue weighted by Gasteiger charge is -2.13. The number of furan rings is 1. The predicted octanol–water partition coefficient (Wildman–Crippen LogP) is 5.04. The van der Waals surface area contributed by atoms with Crippen molar-refractivity contribution in [1.29, 1.82) is 0 Å². The van der Waals surface area contributed by atoms with E-state index >= 15 is 0 Å². The highest BCUT2D eigenvalue weighted by Crippen LogP contribution is 2.15. The van der Waals surface area contributed by atoms with Crippen LogP contribution in [0.15, 0.2) is 81.5 Å². The lowest BCUT2D eigenvalue weighted by Crippen LogP contribution is -2.26. The number of hydrogen-bond acceptors (Lipinski definition) is 4. The largest absolute Gasteiger partial charge is 0.454 e. The standard InChI is InChI=1S/C26H25N3O3S/c1-17-8-7-11-21(14-17)24(30)28-26-29(18(2)16-33-26)15-22-12-13-23(32-22)25(31)27-19(3)20-9-5-4-6-10-20/h4-14,16,19H,15H2,1-3H3,(H,27,31)/t19-/m0/s1. The van der Waals surface area contributed by atoms with E-state index < -0.39 is 0 Å². The van der Waals surface area contributed by atoms with Gasteiger partial charge < -0.3 is 14.3 Å². The molecule has 1 atom stereocenters. The molecule has 2 aromatic carbocycles. The molecule has 4 rings (SSSR count). The highest BCUT2D eigenvalue weighted by atomic mass is 32.1. The highest BCUT2D eigenvalue weighted by molar-refractivity contribution is 7.07. The van der Waals surface area contributed by atoms with E-state index in [0.717, 1.165) is 16.8 Å². The first-order valence-electron chi connectivity index (χ1n) is 10.7. The molecule has 0 saturated carbocycles. The van der Waals surface area contributed by atoms with Crippen molar-refractivity contribution in [2.24, 2.45) is 4.99 Å². The van der Waals surface area contributed by atoms with Crippen LogP contribution in [0.4, 0.5) is 0 Å². The maximum absolute atomic E-state index is 12.6. The quantitative estimate of drug-likeness (QED) is 0.439. The average Bonchev–Trinajstić information content (AvgIpc) is 3.42. The fourth-order valence-corrected chi connectivity index (χ4v) is 4.33. The Balaban J connectivity index is 1.50. The summed E-state index contributed by atoms with van der Waals surface area (Å²) in [7, 11) is 0. The average molecular weight is 460 g/mol. The summed E-state index contributed by atoms with van der Waals surface area (Å²) in [4.78, 5) is 30.2. The minimum Gasteiger partial charge on any atom is -0.454 e.